The summed E-state index contributed by atoms with van der Waals surface area (Å²) in [4.78, 5) is 28.8. The summed E-state index contributed by atoms with van der Waals surface area (Å²) in [7, 11) is 0. The summed E-state index contributed by atoms with van der Waals surface area (Å²) >= 11 is 0. The van der Waals surface area contributed by atoms with Gasteiger partial charge in [-0.1, -0.05) is 12.1 Å². The van der Waals surface area contributed by atoms with Gasteiger partial charge < -0.3 is 19.2 Å². The molecule has 1 aromatic heterocycles. The molecule has 8 heteroatoms. The van der Waals surface area contributed by atoms with Crippen LogP contribution in [-0.2, 0) is 20.7 Å². The molecule has 0 bridgehead atoms. The molecule has 1 saturated heterocycles. The molecular weight excluding hydrogens is 331 g/mol. The lowest BCUT2D eigenvalue weighted by molar-refractivity contribution is -0.158. The molecule has 7 nitrogen and oxygen atoms in total. The number of benzene rings is 1. The number of carbonyl (C=O) groups excluding carboxylic acids is 1. The number of halogens is 1. The third-order valence-corrected chi connectivity index (χ3v) is 3.98. The van der Waals surface area contributed by atoms with Crippen LogP contribution < -0.4 is 0 Å². The van der Waals surface area contributed by atoms with Gasteiger partial charge in [0.2, 0.25) is 5.91 Å². The van der Waals surface area contributed by atoms with Crippen molar-refractivity contribution in [2.75, 3.05) is 19.8 Å². The second-order valence-electron chi connectivity index (χ2n) is 5.61. The van der Waals surface area contributed by atoms with Crippen LogP contribution in [0.15, 0.2) is 34.9 Å². The molecule has 0 spiro atoms. The minimum Gasteiger partial charge on any atom is -0.480 e. The fraction of sp³-hybridized carbons (Fsp3) is 0.353. The van der Waals surface area contributed by atoms with Gasteiger partial charge in [-0.25, -0.2) is 14.2 Å². The zero-order chi connectivity index (χ0) is 17.8. The summed E-state index contributed by atoms with van der Waals surface area (Å²) in [6, 6.07) is 5.20. The number of hydrogen-bond donors (Lipinski definition) is 1. The summed E-state index contributed by atoms with van der Waals surface area (Å²) in [6.07, 6.45) is 1.67. The number of carboxylic acids is 1. The number of oxazole rings is 1. The van der Waals surface area contributed by atoms with E-state index in [1.807, 2.05) is 0 Å². The summed E-state index contributed by atoms with van der Waals surface area (Å²) in [5, 5.41) is 9.16. The lowest BCUT2D eigenvalue weighted by atomic mass is 10.2. The van der Waals surface area contributed by atoms with Gasteiger partial charge in [0.25, 0.3) is 0 Å². The Morgan fingerprint density at radius 3 is 2.92 bits per heavy atom. The van der Waals surface area contributed by atoms with E-state index < -0.39 is 17.8 Å². The van der Waals surface area contributed by atoms with Crippen molar-refractivity contribution in [2.45, 2.75) is 18.9 Å². The van der Waals surface area contributed by atoms with E-state index in [0.717, 1.165) is 0 Å². The summed E-state index contributed by atoms with van der Waals surface area (Å²) in [6.45, 7) is 0.533. The minimum absolute atomic E-state index is 0.0164. The second kappa shape index (κ2) is 7.43. The van der Waals surface area contributed by atoms with Crippen LogP contribution in [0.5, 0.6) is 0 Å². The average Bonchev–Trinajstić information content (AvgIpc) is 3.08. The topological polar surface area (TPSA) is 92.9 Å². The van der Waals surface area contributed by atoms with Crippen molar-refractivity contribution in [1.82, 2.24) is 9.88 Å². The Morgan fingerprint density at radius 2 is 2.16 bits per heavy atom. The highest BCUT2D eigenvalue weighted by Crippen LogP contribution is 2.23. The van der Waals surface area contributed by atoms with Crippen LogP contribution in [0.4, 0.5) is 4.39 Å². The Morgan fingerprint density at radius 1 is 1.36 bits per heavy atom. The first-order valence-electron chi connectivity index (χ1n) is 7.86. The number of aromatic nitrogens is 1. The van der Waals surface area contributed by atoms with Crippen LogP contribution >= 0.6 is 0 Å². The third kappa shape index (κ3) is 3.85. The number of aryl methyl sites for hydroxylation is 1. The maximum atomic E-state index is 13.7. The molecule has 0 unspecified atom stereocenters. The summed E-state index contributed by atoms with van der Waals surface area (Å²) in [5.41, 5.74) is 0.298. The zero-order valence-corrected chi connectivity index (χ0v) is 13.4. The molecule has 132 valence electrons. The summed E-state index contributed by atoms with van der Waals surface area (Å²) in [5.74, 6) is -1.23. The fourth-order valence-corrected chi connectivity index (χ4v) is 2.68. The maximum Gasteiger partial charge on any atom is 0.328 e. The summed E-state index contributed by atoms with van der Waals surface area (Å²) < 4.78 is 24.4. The molecule has 0 saturated carbocycles. The number of carboxylic acid groups (broad SMARTS) is 1. The fourth-order valence-electron chi connectivity index (χ4n) is 2.68. The van der Waals surface area contributed by atoms with Crippen molar-refractivity contribution in [3.63, 3.8) is 0 Å². The van der Waals surface area contributed by atoms with Gasteiger partial charge in [0.1, 0.15) is 5.82 Å². The monoisotopic (exact) mass is 348 g/mol. The molecule has 0 radical (unpaired) electrons. The number of carbonyl (C=O) groups is 2. The first-order chi connectivity index (χ1) is 12.1. The van der Waals surface area contributed by atoms with Gasteiger partial charge in [-0.05, 0) is 12.1 Å². The van der Waals surface area contributed by atoms with Gasteiger partial charge in [0, 0.05) is 19.4 Å². The van der Waals surface area contributed by atoms with Gasteiger partial charge in [-0.15, -0.1) is 0 Å². The van der Waals surface area contributed by atoms with Crippen LogP contribution in [0.3, 0.4) is 0 Å². The predicted octanol–water partition coefficient (Wildman–Crippen LogP) is 1.73. The zero-order valence-electron chi connectivity index (χ0n) is 13.4. The SMILES string of the molecule is O=C(O)[C@@H]1COCCN1C(=O)CCc1ncc(-c2ccccc2F)o1. The van der Waals surface area contributed by atoms with E-state index in [2.05, 4.69) is 4.98 Å². The molecule has 1 aliphatic heterocycles. The van der Waals surface area contributed by atoms with Gasteiger partial charge in [-0.2, -0.15) is 0 Å². The van der Waals surface area contributed by atoms with E-state index in [-0.39, 0.29) is 37.7 Å². The Labute approximate surface area is 143 Å². The normalized spacial score (nSPS) is 17.5. The molecule has 1 fully saturated rings. The average molecular weight is 348 g/mol. The van der Waals surface area contributed by atoms with Crippen molar-refractivity contribution in [2.24, 2.45) is 0 Å². The Bertz CT molecular complexity index is 776. The molecule has 25 heavy (non-hydrogen) atoms. The smallest absolute Gasteiger partial charge is 0.328 e. The van der Waals surface area contributed by atoms with Crippen molar-refractivity contribution in [1.29, 1.82) is 0 Å². The van der Waals surface area contributed by atoms with Crippen molar-refractivity contribution < 1.29 is 28.2 Å². The van der Waals surface area contributed by atoms with Gasteiger partial charge in [0.15, 0.2) is 17.7 Å². The van der Waals surface area contributed by atoms with Crippen molar-refractivity contribution in [3.05, 3.63) is 42.2 Å². The quantitative estimate of drug-likeness (QED) is 0.884. The molecule has 2 heterocycles. The van der Waals surface area contributed by atoms with Gasteiger partial charge in [0.05, 0.1) is 25.0 Å². The van der Waals surface area contributed by atoms with Crippen LogP contribution in [0.2, 0.25) is 0 Å². The number of hydrogen-bond acceptors (Lipinski definition) is 5. The first-order valence-corrected chi connectivity index (χ1v) is 7.86. The molecule has 2 aromatic rings. The van der Waals surface area contributed by atoms with E-state index in [1.165, 1.54) is 17.2 Å². The van der Waals surface area contributed by atoms with Crippen LogP contribution in [0.25, 0.3) is 11.3 Å². The van der Waals surface area contributed by atoms with E-state index in [9.17, 15) is 14.0 Å². The van der Waals surface area contributed by atoms with E-state index in [0.29, 0.717) is 18.1 Å². The second-order valence-corrected chi connectivity index (χ2v) is 5.61. The van der Waals surface area contributed by atoms with Crippen LogP contribution in [0, 0.1) is 5.82 Å². The number of ether oxygens (including phenoxy) is 1. The lowest BCUT2D eigenvalue weighted by Crippen LogP contribution is -2.52. The molecule has 1 aromatic carbocycles. The molecular formula is C17H17FN2O5. The molecule has 1 N–H and O–H groups in total. The first kappa shape index (κ1) is 17.1. The van der Waals surface area contributed by atoms with Gasteiger partial charge in [-0.3, -0.25) is 4.79 Å². The number of nitrogens with zero attached hydrogens (tertiary/aromatic N) is 2. The van der Waals surface area contributed by atoms with Crippen molar-refractivity contribution in [3.8, 4) is 11.3 Å². The lowest BCUT2D eigenvalue weighted by Gasteiger charge is -2.32. The molecule has 1 aliphatic rings. The third-order valence-electron chi connectivity index (χ3n) is 3.98. The largest absolute Gasteiger partial charge is 0.480 e. The number of rotatable bonds is 5. The minimum atomic E-state index is -1.09. The van der Waals surface area contributed by atoms with Crippen LogP contribution in [-0.4, -0.2) is 52.7 Å². The Hall–Kier alpha value is -2.74. The Balaban J connectivity index is 1.63. The standard InChI is InChI=1S/C17H17FN2O5/c18-12-4-2-1-3-11(12)14-9-19-15(25-14)5-6-16(21)20-7-8-24-10-13(20)17(22)23/h1-4,9,13H,5-8,10H2,(H,22,23)/t13-/m0/s1. The van der Waals surface area contributed by atoms with Gasteiger partial charge >= 0.3 is 5.97 Å². The van der Waals surface area contributed by atoms with Crippen LogP contribution in [0.1, 0.15) is 12.3 Å². The molecule has 1 atom stereocenters. The maximum absolute atomic E-state index is 13.7. The predicted molar refractivity (Wildman–Crippen MR) is 84.2 cm³/mol. The Kier molecular flexibility index (Phi) is 5.08. The van der Waals surface area contributed by atoms with Crippen molar-refractivity contribution >= 4 is 11.9 Å². The van der Waals surface area contributed by atoms with E-state index >= 15 is 0 Å². The highest BCUT2D eigenvalue weighted by Gasteiger charge is 2.32. The number of aliphatic carboxylic acids is 1. The number of morpholine rings is 1. The van der Waals surface area contributed by atoms with E-state index in [1.54, 1.807) is 18.2 Å². The molecule has 0 aliphatic carbocycles. The molecule has 1 amide bonds. The highest BCUT2D eigenvalue weighted by molar-refractivity contribution is 5.84. The highest BCUT2D eigenvalue weighted by atomic mass is 19.1. The van der Waals surface area contributed by atoms with E-state index in [4.69, 9.17) is 14.3 Å². The molecule has 3 rings (SSSR count). The number of amides is 1.